The molecule has 6 nitrogen and oxygen atoms in total. The van der Waals surface area contributed by atoms with Crippen LogP contribution >= 0.6 is 0 Å². The Kier molecular flexibility index (Phi) is 9.67. The van der Waals surface area contributed by atoms with Crippen LogP contribution in [0.1, 0.15) is 77.1 Å². The Morgan fingerprint density at radius 1 is 1.03 bits per heavy atom. The summed E-state index contributed by atoms with van der Waals surface area (Å²) in [5, 5.41) is 7.91. The predicted molar refractivity (Wildman–Crippen MR) is 151 cm³/mol. The third-order valence-corrected chi connectivity index (χ3v) is 6.70. The first-order valence-corrected chi connectivity index (χ1v) is 13.4. The van der Waals surface area contributed by atoms with Crippen molar-refractivity contribution in [1.82, 2.24) is 14.7 Å². The van der Waals surface area contributed by atoms with Gasteiger partial charge in [-0.25, -0.2) is 4.68 Å². The fraction of sp³-hybridized carbons (Fsp3) is 0.452. The van der Waals surface area contributed by atoms with E-state index in [0.717, 1.165) is 48.2 Å². The van der Waals surface area contributed by atoms with Crippen molar-refractivity contribution in [1.29, 1.82) is 0 Å². The van der Waals surface area contributed by atoms with Crippen LogP contribution in [0.2, 0.25) is 0 Å². The molecule has 2 amide bonds. The van der Waals surface area contributed by atoms with E-state index in [4.69, 9.17) is 5.10 Å². The molecule has 0 spiro atoms. The number of amides is 2. The second-order valence-electron chi connectivity index (χ2n) is 10.8. The number of benzene rings is 2. The molecule has 1 N–H and O–H groups in total. The molecule has 37 heavy (non-hydrogen) atoms. The molecule has 1 heterocycles. The number of nitrogens with zero attached hydrogens (tertiary/aromatic N) is 3. The van der Waals surface area contributed by atoms with Crippen molar-refractivity contribution in [2.75, 3.05) is 11.9 Å². The minimum absolute atomic E-state index is 0.0137. The number of para-hydroxylation sites is 1. The Morgan fingerprint density at radius 3 is 2.32 bits per heavy atom. The summed E-state index contributed by atoms with van der Waals surface area (Å²) in [6.45, 7) is 12.9. The predicted octanol–water partition coefficient (Wildman–Crippen LogP) is 6.66. The molecule has 1 unspecified atom stereocenters. The van der Waals surface area contributed by atoms with Gasteiger partial charge in [0, 0.05) is 23.9 Å². The van der Waals surface area contributed by atoms with Crippen LogP contribution in [0.4, 0.5) is 5.82 Å². The van der Waals surface area contributed by atoms with Gasteiger partial charge >= 0.3 is 0 Å². The highest BCUT2D eigenvalue weighted by atomic mass is 16.2. The van der Waals surface area contributed by atoms with Crippen molar-refractivity contribution in [2.24, 2.45) is 5.92 Å². The zero-order valence-electron chi connectivity index (χ0n) is 23.3. The number of rotatable bonds is 11. The number of hydrogen-bond donors (Lipinski definition) is 1. The van der Waals surface area contributed by atoms with Crippen molar-refractivity contribution < 1.29 is 9.59 Å². The number of aromatic nitrogens is 2. The minimum Gasteiger partial charge on any atom is -0.329 e. The van der Waals surface area contributed by atoms with Crippen LogP contribution in [-0.2, 0) is 21.5 Å². The van der Waals surface area contributed by atoms with Crippen LogP contribution in [0.5, 0.6) is 0 Å². The first-order valence-electron chi connectivity index (χ1n) is 13.4. The van der Waals surface area contributed by atoms with Crippen molar-refractivity contribution in [3.63, 3.8) is 0 Å². The summed E-state index contributed by atoms with van der Waals surface area (Å²) in [7, 11) is 0. The fourth-order valence-corrected chi connectivity index (χ4v) is 4.40. The van der Waals surface area contributed by atoms with E-state index in [1.54, 1.807) is 9.58 Å². The second kappa shape index (κ2) is 12.7. The van der Waals surface area contributed by atoms with Crippen LogP contribution in [-0.4, -0.2) is 33.0 Å². The summed E-state index contributed by atoms with van der Waals surface area (Å²) < 4.78 is 1.80. The number of unbranched alkanes of at least 4 members (excludes halogenated alkanes) is 1. The molecule has 6 heteroatoms. The SMILES string of the molecule is CCCCC(CC)C(=O)N(CC(=O)Nc1cc(C(C)(C)C)nn1-c1ccccc1C)Cc1ccccc1. The zero-order chi connectivity index (χ0) is 27.0. The van der Waals surface area contributed by atoms with Gasteiger partial charge in [0.25, 0.3) is 0 Å². The topological polar surface area (TPSA) is 67.2 Å². The maximum absolute atomic E-state index is 13.6. The van der Waals surface area contributed by atoms with Crippen molar-refractivity contribution in [3.05, 3.63) is 77.5 Å². The Bertz CT molecular complexity index is 1180. The number of nitrogens with one attached hydrogen (secondary N) is 1. The van der Waals surface area contributed by atoms with E-state index in [1.807, 2.05) is 74.5 Å². The molecule has 0 radical (unpaired) electrons. The van der Waals surface area contributed by atoms with E-state index < -0.39 is 0 Å². The standard InChI is InChI=1S/C31H42N4O2/c1-7-9-18-25(8-2)30(37)34(21-24-16-11-10-12-17-24)22-29(36)32-28-20-27(31(4,5)6)33-35(28)26-19-14-13-15-23(26)3/h10-17,19-20,25H,7-9,18,21-22H2,1-6H3,(H,32,36). The minimum atomic E-state index is -0.232. The summed E-state index contributed by atoms with van der Waals surface area (Å²) in [5.74, 6) is 0.332. The highest BCUT2D eigenvalue weighted by Crippen LogP contribution is 2.27. The van der Waals surface area contributed by atoms with Gasteiger partial charge in [0.15, 0.2) is 0 Å². The average molecular weight is 503 g/mol. The number of carbonyl (C=O) groups excluding carboxylic acids is 2. The molecule has 0 aliphatic carbocycles. The van der Waals surface area contributed by atoms with Gasteiger partial charge in [0.1, 0.15) is 12.4 Å². The quantitative estimate of drug-likeness (QED) is 0.319. The molecule has 1 aromatic heterocycles. The third-order valence-electron chi connectivity index (χ3n) is 6.70. The Morgan fingerprint density at radius 2 is 1.70 bits per heavy atom. The lowest BCUT2D eigenvalue weighted by molar-refractivity contribution is -0.139. The molecule has 0 saturated carbocycles. The number of carbonyl (C=O) groups is 2. The van der Waals surface area contributed by atoms with Crippen molar-refractivity contribution in [2.45, 2.75) is 79.2 Å². The smallest absolute Gasteiger partial charge is 0.245 e. The van der Waals surface area contributed by atoms with E-state index in [1.165, 1.54) is 0 Å². The Hall–Kier alpha value is -3.41. The van der Waals surface area contributed by atoms with Crippen LogP contribution in [0.25, 0.3) is 5.69 Å². The molecule has 3 aromatic rings. The highest BCUT2D eigenvalue weighted by Gasteiger charge is 2.26. The molecular weight excluding hydrogens is 460 g/mol. The zero-order valence-corrected chi connectivity index (χ0v) is 23.3. The van der Waals surface area contributed by atoms with Gasteiger partial charge in [-0.3, -0.25) is 9.59 Å². The molecule has 2 aromatic carbocycles. The number of hydrogen-bond acceptors (Lipinski definition) is 3. The summed E-state index contributed by atoms with van der Waals surface area (Å²) in [6, 6.07) is 19.8. The van der Waals surface area contributed by atoms with E-state index in [0.29, 0.717) is 12.4 Å². The third kappa shape index (κ3) is 7.54. The summed E-state index contributed by atoms with van der Waals surface area (Å²) in [4.78, 5) is 28.7. The molecular formula is C31H42N4O2. The van der Waals surface area contributed by atoms with Gasteiger partial charge in [0.2, 0.25) is 11.8 Å². The van der Waals surface area contributed by atoms with E-state index in [2.05, 4.69) is 33.0 Å². The van der Waals surface area contributed by atoms with E-state index in [-0.39, 0.29) is 29.7 Å². The van der Waals surface area contributed by atoms with Gasteiger partial charge in [-0.1, -0.05) is 96.0 Å². The van der Waals surface area contributed by atoms with Gasteiger partial charge in [-0.05, 0) is 37.0 Å². The van der Waals surface area contributed by atoms with Gasteiger partial charge in [0.05, 0.1) is 11.4 Å². The summed E-state index contributed by atoms with van der Waals surface area (Å²) >= 11 is 0. The molecule has 0 fully saturated rings. The van der Waals surface area contributed by atoms with E-state index in [9.17, 15) is 9.59 Å². The molecule has 0 saturated heterocycles. The summed E-state index contributed by atoms with van der Waals surface area (Å²) in [6.07, 6.45) is 3.65. The van der Waals surface area contributed by atoms with E-state index >= 15 is 0 Å². The lowest BCUT2D eigenvalue weighted by atomic mass is 9.92. The van der Waals surface area contributed by atoms with Crippen LogP contribution in [0, 0.1) is 12.8 Å². The second-order valence-corrected chi connectivity index (χ2v) is 10.8. The first kappa shape index (κ1) is 28.2. The maximum atomic E-state index is 13.6. The molecule has 0 aliphatic heterocycles. The van der Waals surface area contributed by atoms with Crippen molar-refractivity contribution >= 4 is 17.6 Å². The van der Waals surface area contributed by atoms with Crippen molar-refractivity contribution in [3.8, 4) is 5.69 Å². The first-order chi connectivity index (χ1) is 17.6. The maximum Gasteiger partial charge on any atom is 0.245 e. The summed E-state index contributed by atoms with van der Waals surface area (Å²) in [5.41, 5.74) is 3.68. The molecule has 198 valence electrons. The number of anilines is 1. The normalized spacial score (nSPS) is 12.3. The fourth-order valence-electron chi connectivity index (χ4n) is 4.40. The largest absolute Gasteiger partial charge is 0.329 e. The lowest BCUT2D eigenvalue weighted by Crippen LogP contribution is -2.41. The van der Waals surface area contributed by atoms with Gasteiger partial charge in [-0.15, -0.1) is 0 Å². The van der Waals surface area contributed by atoms with Crippen LogP contribution in [0.3, 0.4) is 0 Å². The molecule has 0 aliphatic rings. The Labute approximate surface area is 222 Å². The molecule has 3 rings (SSSR count). The van der Waals surface area contributed by atoms with Gasteiger partial charge < -0.3 is 10.2 Å². The number of aryl methyl sites for hydroxylation is 1. The molecule has 0 bridgehead atoms. The highest BCUT2D eigenvalue weighted by molar-refractivity contribution is 5.94. The Balaban J connectivity index is 1.88. The van der Waals surface area contributed by atoms with Crippen LogP contribution < -0.4 is 5.32 Å². The lowest BCUT2D eigenvalue weighted by Gasteiger charge is -2.27. The van der Waals surface area contributed by atoms with Gasteiger partial charge in [-0.2, -0.15) is 5.10 Å². The van der Waals surface area contributed by atoms with Crippen LogP contribution in [0.15, 0.2) is 60.7 Å². The monoisotopic (exact) mass is 502 g/mol. The molecule has 1 atom stereocenters. The average Bonchev–Trinajstić information content (AvgIpc) is 3.29.